The quantitative estimate of drug-likeness (QED) is 0.781. The Labute approximate surface area is 133 Å². The van der Waals surface area contributed by atoms with Gasteiger partial charge in [-0.1, -0.05) is 0 Å². The number of carbonyl (C=O) groups is 1. The summed E-state index contributed by atoms with van der Waals surface area (Å²) < 4.78 is 1.41. The number of hydrogen-bond acceptors (Lipinski definition) is 6. The molecule has 1 aliphatic rings. The molecule has 0 bridgehead atoms. The highest BCUT2D eigenvalue weighted by molar-refractivity contribution is 7.17. The molecule has 4 rings (SSSR count). The Morgan fingerprint density at radius 3 is 3.05 bits per heavy atom. The van der Waals surface area contributed by atoms with Gasteiger partial charge in [-0.3, -0.25) is 19.3 Å². The van der Waals surface area contributed by atoms with Gasteiger partial charge in [0.1, 0.15) is 5.56 Å². The highest BCUT2D eigenvalue weighted by Gasteiger charge is 2.20. The number of carbonyl (C=O) groups excluding carboxylic acids is 1. The number of anilines is 1. The number of aromatic nitrogens is 3. The maximum absolute atomic E-state index is 12.4. The smallest absolute Gasteiger partial charge is 0.271 e. The molecule has 0 aliphatic heterocycles. The van der Waals surface area contributed by atoms with E-state index in [9.17, 15) is 9.59 Å². The summed E-state index contributed by atoms with van der Waals surface area (Å²) in [7, 11) is 0. The molecule has 0 spiro atoms. The van der Waals surface area contributed by atoms with Gasteiger partial charge in [0.05, 0.1) is 5.69 Å². The first-order valence-corrected chi connectivity index (χ1v) is 8.53. The average molecular weight is 332 g/mol. The van der Waals surface area contributed by atoms with Crippen molar-refractivity contribution < 1.29 is 4.79 Å². The van der Waals surface area contributed by atoms with Crippen molar-refractivity contribution in [3.05, 3.63) is 43.8 Å². The molecular weight excluding hydrogens is 320 g/mol. The fraction of sp³-hybridized carbons (Fsp3) is 0.286. The van der Waals surface area contributed by atoms with Crippen LogP contribution in [0.4, 0.5) is 5.13 Å². The van der Waals surface area contributed by atoms with Crippen molar-refractivity contribution >= 4 is 38.7 Å². The summed E-state index contributed by atoms with van der Waals surface area (Å²) in [6, 6.07) is 0. The maximum atomic E-state index is 12.4. The third kappa shape index (κ3) is 2.15. The Balaban J connectivity index is 1.67. The van der Waals surface area contributed by atoms with E-state index in [2.05, 4.69) is 15.3 Å². The number of nitrogens with one attached hydrogen (secondary N) is 1. The van der Waals surface area contributed by atoms with Gasteiger partial charge in [0.15, 0.2) is 10.1 Å². The number of hydrogen-bond donors (Lipinski definition) is 1. The average Bonchev–Trinajstić information content (AvgIpc) is 3.12. The molecule has 0 fully saturated rings. The van der Waals surface area contributed by atoms with Gasteiger partial charge in [0.2, 0.25) is 0 Å². The second kappa shape index (κ2) is 4.99. The Kier molecular flexibility index (Phi) is 3.08. The van der Waals surface area contributed by atoms with Crippen LogP contribution in [0.15, 0.2) is 17.2 Å². The summed E-state index contributed by atoms with van der Waals surface area (Å²) in [5.41, 5.74) is 0.751. The minimum Gasteiger partial charge on any atom is -0.298 e. The van der Waals surface area contributed by atoms with Crippen LogP contribution in [0.5, 0.6) is 0 Å². The van der Waals surface area contributed by atoms with Crippen LogP contribution >= 0.6 is 22.7 Å². The lowest BCUT2D eigenvalue weighted by Crippen LogP contribution is -2.25. The fourth-order valence-electron chi connectivity index (χ4n) is 2.56. The predicted octanol–water partition coefficient (Wildman–Crippen LogP) is 2.26. The summed E-state index contributed by atoms with van der Waals surface area (Å²) in [5.74, 6) is -0.455. The Bertz CT molecular complexity index is 932. The molecular formula is C14H12N4O2S2. The summed E-state index contributed by atoms with van der Waals surface area (Å²) in [5, 5.41) is 3.27. The van der Waals surface area contributed by atoms with Crippen LogP contribution in [0.2, 0.25) is 0 Å². The molecule has 0 atom stereocenters. The van der Waals surface area contributed by atoms with Crippen LogP contribution < -0.4 is 10.9 Å². The van der Waals surface area contributed by atoms with Crippen LogP contribution in [0.3, 0.4) is 0 Å². The molecule has 1 aliphatic carbocycles. The van der Waals surface area contributed by atoms with Crippen molar-refractivity contribution in [1.82, 2.24) is 14.4 Å². The number of nitrogens with zero attached hydrogens (tertiary/aromatic N) is 3. The summed E-state index contributed by atoms with van der Waals surface area (Å²) >= 11 is 2.90. The van der Waals surface area contributed by atoms with Gasteiger partial charge in [0, 0.05) is 22.1 Å². The largest absolute Gasteiger partial charge is 0.298 e. The number of aryl methyl sites for hydroxylation is 3. The number of thiazole rings is 2. The second-order valence-electron chi connectivity index (χ2n) is 5.17. The van der Waals surface area contributed by atoms with Crippen molar-refractivity contribution in [1.29, 1.82) is 0 Å². The van der Waals surface area contributed by atoms with Gasteiger partial charge in [-0.05, 0) is 26.2 Å². The van der Waals surface area contributed by atoms with Gasteiger partial charge in [0.25, 0.3) is 11.5 Å². The zero-order valence-corrected chi connectivity index (χ0v) is 13.4. The van der Waals surface area contributed by atoms with Crippen molar-refractivity contribution in [3.8, 4) is 0 Å². The molecule has 1 amide bonds. The number of fused-ring (bicyclic) bond motifs is 2. The summed E-state index contributed by atoms with van der Waals surface area (Å²) in [6.45, 7) is 1.90. The third-order valence-corrected chi connectivity index (χ3v) is 5.57. The zero-order chi connectivity index (χ0) is 15.3. The predicted molar refractivity (Wildman–Crippen MR) is 86.2 cm³/mol. The maximum Gasteiger partial charge on any atom is 0.271 e. The Hall–Kier alpha value is -2.06. The molecule has 22 heavy (non-hydrogen) atoms. The molecule has 0 aromatic carbocycles. The lowest BCUT2D eigenvalue weighted by Gasteiger charge is -2.01. The van der Waals surface area contributed by atoms with Gasteiger partial charge in [-0.2, -0.15) is 0 Å². The minimum atomic E-state index is -0.455. The van der Waals surface area contributed by atoms with Crippen molar-refractivity contribution in [3.63, 3.8) is 0 Å². The summed E-state index contributed by atoms with van der Waals surface area (Å²) in [6.07, 6.45) is 6.15. The van der Waals surface area contributed by atoms with Crippen molar-refractivity contribution in [2.45, 2.75) is 26.2 Å². The van der Waals surface area contributed by atoms with Gasteiger partial charge < -0.3 is 0 Å². The third-order valence-electron chi connectivity index (χ3n) is 3.58. The summed E-state index contributed by atoms with van der Waals surface area (Å²) in [4.78, 5) is 36.1. The van der Waals surface area contributed by atoms with Crippen LogP contribution in [0.25, 0.3) is 4.96 Å². The highest BCUT2D eigenvalue weighted by Crippen LogP contribution is 2.30. The molecule has 6 nitrogen and oxygen atoms in total. The molecule has 1 N–H and O–H groups in total. The van der Waals surface area contributed by atoms with E-state index in [1.54, 1.807) is 6.20 Å². The first kappa shape index (κ1) is 13.6. The van der Waals surface area contributed by atoms with Crippen LogP contribution in [-0.2, 0) is 12.8 Å². The van der Waals surface area contributed by atoms with E-state index in [-0.39, 0.29) is 11.1 Å². The van der Waals surface area contributed by atoms with Gasteiger partial charge >= 0.3 is 0 Å². The van der Waals surface area contributed by atoms with E-state index >= 15 is 0 Å². The second-order valence-corrected chi connectivity index (χ2v) is 7.46. The number of amides is 1. The fourth-order valence-corrected chi connectivity index (χ4v) is 4.39. The standard InChI is InChI=1S/C14H12N4O2S2/c1-7-6-18-12(20)8(5-15-14(18)21-7)11(19)17-13-16-9-3-2-4-10(9)22-13/h5-6H,2-4H2,1H3,(H,16,17,19). The van der Waals surface area contributed by atoms with E-state index in [1.165, 1.54) is 38.1 Å². The molecule has 3 aromatic rings. The molecule has 8 heteroatoms. The van der Waals surface area contributed by atoms with Crippen LogP contribution in [0, 0.1) is 6.92 Å². The van der Waals surface area contributed by atoms with E-state index in [4.69, 9.17) is 0 Å². The van der Waals surface area contributed by atoms with Crippen molar-refractivity contribution in [2.75, 3.05) is 5.32 Å². The van der Waals surface area contributed by atoms with Crippen LogP contribution in [0.1, 0.15) is 32.2 Å². The lowest BCUT2D eigenvalue weighted by atomic mass is 10.3. The van der Waals surface area contributed by atoms with Crippen molar-refractivity contribution in [2.24, 2.45) is 0 Å². The van der Waals surface area contributed by atoms with E-state index in [0.717, 1.165) is 29.8 Å². The zero-order valence-electron chi connectivity index (χ0n) is 11.8. The topological polar surface area (TPSA) is 76.4 Å². The molecule has 3 heterocycles. The SMILES string of the molecule is Cc1cn2c(=O)c(C(=O)Nc3nc4c(s3)CCC4)cnc2s1. The molecule has 3 aromatic heterocycles. The first-order chi connectivity index (χ1) is 10.6. The molecule has 0 radical (unpaired) electrons. The minimum absolute atomic E-state index is 0.0330. The Morgan fingerprint density at radius 2 is 2.23 bits per heavy atom. The molecule has 0 saturated carbocycles. The van der Waals surface area contributed by atoms with E-state index in [1.807, 2.05) is 6.92 Å². The molecule has 0 unspecified atom stereocenters. The Morgan fingerprint density at radius 1 is 1.36 bits per heavy atom. The lowest BCUT2D eigenvalue weighted by molar-refractivity contribution is 0.102. The van der Waals surface area contributed by atoms with Gasteiger partial charge in [-0.25, -0.2) is 9.97 Å². The molecule has 112 valence electrons. The van der Waals surface area contributed by atoms with Crippen LogP contribution in [-0.4, -0.2) is 20.3 Å². The monoisotopic (exact) mass is 332 g/mol. The number of rotatable bonds is 2. The highest BCUT2D eigenvalue weighted by atomic mass is 32.1. The van der Waals surface area contributed by atoms with E-state index < -0.39 is 5.91 Å². The van der Waals surface area contributed by atoms with E-state index in [0.29, 0.717) is 10.1 Å². The van der Waals surface area contributed by atoms with Gasteiger partial charge in [-0.15, -0.1) is 22.7 Å². The molecule has 0 saturated heterocycles. The first-order valence-electron chi connectivity index (χ1n) is 6.89. The normalized spacial score (nSPS) is 13.5.